The molecule has 0 saturated carbocycles. The van der Waals surface area contributed by atoms with Gasteiger partial charge in [-0.15, -0.1) is 0 Å². The van der Waals surface area contributed by atoms with Crippen LogP contribution in [0.4, 0.5) is 0 Å². The molecule has 0 radical (unpaired) electrons. The number of rotatable bonds is 9. The zero-order valence-corrected chi connectivity index (χ0v) is 21.4. The Morgan fingerprint density at radius 1 is 0.914 bits per heavy atom. The van der Waals surface area contributed by atoms with Crippen molar-refractivity contribution in [1.82, 2.24) is 15.5 Å². The number of nitrogens with zero attached hydrogens (tertiary/aromatic N) is 1. The third-order valence-corrected chi connectivity index (χ3v) is 7.16. The van der Waals surface area contributed by atoms with Crippen LogP contribution < -0.4 is 10.6 Å². The van der Waals surface area contributed by atoms with E-state index in [2.05, 4.69) is 24.5 Å². The van der Waals surface area contributed by atoms with Gasteiger partial charge in [0, 0.05) is 31.1 Å². The molecule has 6 nitrogen and oxygen atoms in total. The Kier molecular flexibility index (Phi) is 9.47. The van der Waals surface area contributed by atoms with Gasteiger partial charge < -0.3 is 15.5 Å². The van der Waals surface area contributed by atoms with Crippen molar-refractivity contribution in [1.29, 1.82) is 0 Å². The first-order chi connectivity index (χ1) is 16.8. The Bertz CT molecular complexity index is 997. The topological polar surface area (TPSA) is 78.5 Å². The molecule has 0 aliphatic carbocycles. The number of nitrogens with one attached hydrogen (secondary N) is 2. The van der Waals surface area contributed by atoms with Gasteiger partial charge in [-0.05, 0) is 62.1 Å². The molecule has 2 atom stereocenters. The highest BCUT2D eigenvalue weighted by molar-refractivity contribution is 5.98. The molecule has 2 aromatic rings. The van der Waals surface area contributed by atoms with Crippen molar-refractivity contribution in [2.75, 3.05) is 13.1 Å². The molecule has 1 aliphatic heterocycles. The van der Waals surface area contributed by atoms with Crippen molar-refractivity contribution in [2.45, 2.75) is 65.5 Å². The Morgan fingerprint density at radius 2 is 1.54 bits per heavy atom. The maximum absolute atomic E-state index is 13.3. The van der Waals surface area contributed by atoms with Crippen LogP contribution in [0, 0.1) is 18.8 Å². The van der Waals surface area contributed by atoms with E-state index in [0.29, 0.717) is 37.9 Å². The minimum absolute atomic E-state index is 0.0000156. The normalized spacial score (nSPS) is 16.0. The second-order valence-corrected chi connectivity index (χ2v) is 10.0. The molecule has 35 heavy (non-hydrogen) atoms. The Balaban J connectivity index is 1.64. The number of aryl methyl sites for hydroxylation is 2. The fourth-order valence-electron chi connectivity index (χ4n) is 4.46. The second kappa shape index (κ2) is 12.5. The van der Waals surface area contributed by atoms with E-state index in [-0.39, 0.29) is 35.6 Å². The number of carbonyl (C=O) groups is 3. The van der Waals surface area contributed by atoms with E-state index in [0.717, 1.165) is 17.5 Å². The quantitative estimate of drug-likeness (QED) is 0.570. The van der Waals surface area contributed by atoms with Crippen LogP contribution in [0.2, 0.25) is 0 Å². The summed E-state index contributed by atoms with van der Waals surface area (Å²) in [4.78, 5) is 41.0. The molecule has 1 fully saturated rings. The van der Waals surface area contributed by atoms with Gasteiger partial charge in [-0.1, -0.05) is 62.4 Å². The summed E-state index contributed by atoms with van der Waals surface area (Å²) in [6.07, 6.45) is 2.57. The monoisotopic (exact) mass is 477 g/mol. The number of benzene rings is 2. The first kappa shape index (κ1) is 26.5. The van der Waals surface area contributed by atoms with Crippen LogP contribution in [-0.4, -0.2) is 47.8 Å². The molecule has 1 aliphatic rings. The van der Waals surface area contributed by atoms with Crippen LogP contribution in [0.3, 0.4) is 0 Å². The van der Waals surface area contributed by atoms with Crippen molar-refractivity contribution in [3.8, 4) is 0 Å². The predicted octanol–water partition coefficient (Wildman–Crippen LogP) is 4.13. The molecule has 3 rings (SSSR count). The molecular weight excluding hydrogens is 438 g/mol. The van der Waals surface area contributed by atoms with Crippen LogP contribution in [0.1, 0.15) is 61.5 Å². The summed E-state index contributed by atoms with van der Waals surface area (Å²) in [6, 6.07) is 16.8. The van der Waals surface area contributed by atoms with Crippen LogP contribution in [0.25, 0.3) is 0 Å². The van der Waals surface area contributed by atoms with Crippen LogP contribution in [0.5, 0.6) is 0 Å². The fraction of sp³-hybridized carbons (Fsp3) is 0.483. The average Bonchev–Trinajstić information content (AvgIpc) is 2.86. The minimum Gasteiger partial charge on any atom is -0.352 e. The molecule has 0 bridgehead atoms. The number of likely N-dealkylation sites (tertiary alicyclic amines) is 1. The van der Waals surface area contributed by atoms with Gasteiger partial charge in [0.25, 0.3) is 5.91 Å². The first-order valence-corrected chi connectivity index (χ1v) is 12.7. The molecular formula is C29H39N3O3. The van der Waals surface area contributed by atoms with Crippen molar-refractivity contribution >= 4 is 17.7 Å². The summed E-state index contributed by atoms with van der Waals surface area (Å²) < 4.78 is 0. The van der Waals surface area contributed by atoms with Gasteiger partial charge in [0.15, 0.2) is 0 Å². The van der Waals surface area contributed by atoms with E-state index in [1.165, 1.54) is 0 Å². The van der Waals surface area contributed by atoms with E-state index in [1.807, 2.05) is 67.3 Å². The molecule has 1 heterocycles. The summed E-state index contributed by atoms with van der Waals surface area (Å²) in [6.45, 7) is 9.20. The largest absolute Gasteiger partial charge is 0.352 e. The van der Waals surface area contributed by atoms with Crippen LogP contribution in [0.15, 0.2) is 54.6 Å². The molecule has 0 aromatic heterocycles. The van der Waals surface area contributed by atoms with Crippen molar-refractivity contribution < 1.29 is 14.4 Å². The highest BCUT2D eigenvalue weighted by atomic mass is 16.2. The Morgan fingerprint density at radius 3 is 2.17 bits per heavy atom. The lowest BCUT2D eigenvalue weighted by Crippen LogP contribution is -2.55. The van der Waals surface area contributed by atoms with Crippen LogP contribution >= 0.6 is 0 Å². The third-order valence-electron chi connectivity index (χ3n) is 7.16. The summed E-state index contributed by atoms with van der Waals surface area (Å²) in [5.41, 5.74) is 2.61. The first-order valence-electron chi connectivity index (χ1n) is 12.7. The molecule has 6 heteroatoms. The summed E-state index contributed by atoms with van der Waals surface area (Å²) in [5.74, 6) is 0.0192. The standard InChI is InChI=1S/C29H39N3O3/c1-20(2)22(4)30-29(35)27(31-28(34)25-13-9-8-10-21(25)3)24-16-18-32(19-17-24)26(33)15-14-23-11-6-5-7-12-23/h5-13,20,22,24,27H,14-19H2,1-4H3,(H,30,35)(H,31,34)/t22-,27+/m0/s1. The van der Waals surface area contributed by atoms with Gasteiger partial charge in [0.1, 0.15) is 6.04 Å². The predicted molar refractivity (Wildman–Crippen MR) is 139 cm³/mol. The number of hydrogen-bond acceptors (Lipinski definition) is 3. The highest BCUT2D eigenvalue weighted by Gasteiger charge is 2.34. The second-order valence-electron chi connectivity index (χ2n) is 10.0. The van der Waals surface area contributed by atoms with Crippen molar-refractivity contribution in [3.05, 3.63) is 71.3 Å². The number of hydrogen-bond donors (Lipinski definition) is 2. The average molecular weight is 478 g/mol. The highest BCUT2D eigenvalue weighted by Crippen LogP contribution is 2.23. The minimum atomic E-state index is -0.634. The van der Waals surface area contributed by atoms with E-state index in [9.17, 15) is 14.4 Å². The maximum atomic E-state index is 13.3. The molecule has 2 N–H and O–H groups in total. The zero-order chi connectivity index (χ0) is 25.4. The molecule has 0 spiro atoms. The Hall–Kier alpha value is -3.15. The maximum Gasteiger partial charge on any atom is 0.252 e. The lowest BCUT2D eigenvalue weighted by Gasteiger charge is -2.36. The fourth-order valence-corrected chi connectivity index (χ4v) is 4.46. The molecule has 3 amide bonds. The van der Waals surface area contributed by atoms with Gasteiger partial charge >= 0.3 is 0 Å². The molecule has 0 unspecified atom stereocenters. The van der Waals surface area contributed by atoms with Gasteiger partial charge in [-0.3, -0.25) is 14.4 Å². The van der Waals surface area contributed by atoms with Gasteiger partial charge in [0.2, 0.25) is 11.8 Å². The molecule has 188 valence electrons. The SMILES string of the molecule is Cc1ccccc1C(=O)N[C@@H](C(=O)N[C@@H](C)C(C)C)C1CCN(C(=O)CCc2ccccc2)CC1. The summed E-state index contributed by atoms with van der Waals surface area (Å²) >= 11 is 0. The zero-order valence-electron chi connectivity index (χ0n) is 21.4. The van der Waals surface area contributed by atoms with Crippen molar-refractivity contribution in [3.63, 3.8) is 0 Å². The van der Waals surface area contributed by atoms with E-state index in [4.69, 9.17) is 0 Å². The molecule has 1 saturated heterocycles. The lowest BCUT2D eigenvalue weighted by atomic mass is 9.87. The van der Waals surface area contributed by atoms with E-state index >= 15 is 0 Å². The van der Waals surface area contributed by atoms with E-state index < -0.39 is 6.04 Å². The smallest absolute Gasteiger partial charge is 0.252 e. The number of carbonyl (C=O) groups excluding carboxylic acids is 3. The molecule has 2 aromatic carbocycles. The number of piperidine rings is 1. The summed E-state index contributed by atoms with van der Waals surface area (Å²) in [7, 11) is 0. The van der Waals surface area contributed by atoms with Crippen molar-refractivity contribution in [2.24, 2.45) is 11.8 Å². The number of amides is 3. The van der Waals surface area contributed by atoms with Gasteiger partial charge in [-0.2, -0.15) is 0 Å². The van der Waals surface area contributed by atoms with E-state index in [1.54, 1.807) is 6.07 Å². The Labute approximate surface area is 209 Å². The third kappa shape index (κ3) is 7.41. The summed E-state index contributed by atoms with van der Waals surface area (Å²) in [5, 5.41) is 6.11. The van der Waals surface area contributed by atoms with Crippen LogP contribution in [-0.2, 0) is 16.0 Å². The van der Waals surface area contributed by atoms with Gasteiger partial charge in [-0.25, -0.2) is 0 Å². The lowest BCUT2D eigenvalue weighted by molar-refractivity contribution is -0.133. The van der Waals surface area contributed by atoms with Gasteiger partial charge in [0.05, 0.1) is 0 Å².